The van der Waals surface area contributed by atoms with Crippen LogP contribution in [0.25, 0.3) is 11.0 Å². The zero-order valence-corrected chi connectivity index (χ0v) is 20.2. The van der Waals surface area contributed by atoms with Crippen LogP contribution < -0.4 is 4.90 Å². The number of hydrogen-bond acceptors (Lipinski definition) is 7. The number of pyridine rings is 1. The molecule has 0 spiro atoms. The summed E-state index contributed by atoms with van der Waals surface area (Å²) in [5.41, 5.74) is 2.15. The van der Waals surface area contributed by atoms with Crippen LogP contribution in [-0.4, -0.2) is 81.1 Å². The molecular formula is C23H33N5O4S. The lowest BCUT2D eigenvalue weighted by molar-refractivity contribution is -0.00656. The lowest BCUT2D eigenvalue weighted by Crippen LogP contribution is -2.45. The molecule has 3 heterocycles. The summed E-state index contributed by atoms with van der Waals surface area (Å²) in [5.74, 6) is 0.273. The number of piperidine rings is 1. The summed E-state index contributed by atoms with van der Waals surface area (Å²) in [4.78, 5) is 9.57. The van der Waals surface area contributed by atoms with Crippen molar-refractivity contribution in [3.8, 4) is 6.07 Å². The van der Waals surface area contributed by atoms with Crippen LogP contribution in [0.3, 0.4) is 0 Å². The minimum atomic E-state index is -3.35. The minimum Gasteiger partial charge on any atom is -0.382 e. The summed E-state index contributed by atoms with van der Waals surface area (Å²) >= 11 is 0. The van der Waals surface area contributed by atoms with Crippen molar-refractivity contribution in [2.45, 2.75) is 44.2 Å². The van der Waals surface area contributed by atoms with Crippen LogP contribution in [-0.2, 0) is 19.5 Å². The fourth-order valence-electron chi connectivity index (χ4n) is 5.19. The molecule has 1 aliphatic heterocycles. The molecule has 2 aromatic rings. The van der Waals surface area contributed by atoms with Crippen LogP contribution in [0.4, 0.5) is 5.69 Å². The fourth-order valence-corrected chi connectivity index (χ4v) is 7.09. The van der Waals surface area contributed by atoms with Crippen molar-refractivity contribution in [3.05, 3.63) is 24.0 Å². The molecule has 0 aromatic carbocycles. The van der Waals surface area contributed by atoms with E-state index in [4.69, 9.17) is 9.47 Å². The summed E-state index contributed by atoms with van der Waals surface area (Å²) in [7, 11) is 0.279. The Kier molecular flexibility index (Phi) is 7.54. The first-order valence-corrected chi connectivity index (χ1v) is 13.2. The Morgan fingerprint density at radius 3 is 2.97 bits per heavy atom. The number of fused-ring (bicyclic) bond motifs is 1. The molecule has 2 aliphatic rings. The third kappa shape index (κ3) is 5.32. The van der Waals surface area contributed by atoms with Gasteiger partial charge in [0.25, 0.3) is 0 Å². The standard InChI is InChI=1S/C23H33N5O4S/c1-27(22-18(13-24)14-26-23-21(22)7-8-25-23)19-6-5-17(12-19)16-33(29,30)28-9-3-4-20(15-28)32-11-10-31-2/h7-8,14,17,19-20H,3-6,9-12,15-16H2,1-2H3,(H,25,26)/t17-,19-,20?/m1/s1. The Morgan fingerprint density at radius 2 is 2.18 bits per heavy atom. The van der Waals surface area contributed by atoms with Gasteiger partial charge in [0.2, 0.25) is 10.0 Å². The van der Waals surface area contributed by atoms with Crippen LogP contribution in [0.1, 0.15) is 37.7 Å². The van der Waals surface area contributed by atoms with Gasteiger partial charge in [0.05, 0.1) is 36.3 Å². The number of nitriles is 1. The number of hydrogen-bond donors (Lipinski definition) is 1. The Morgan fingerprint density at radius 1 is 1.33 bits per heavy atom. The first-order chi connectivity index (χ1) is 15.9. The van der Waals surface area contributed by atoms with Crippen molar-refractivity contribution in [2.24, 2.45) is 5.92 Å². The number of aromatic amines is 1. The van der Waals surface area contributed by atoms with Gasteiger partial charge in [-0.15, -0.1) is 0 Å². The first kappa shape index (κ1) is 24.0. The van der Waals surface area contributed by atoms with Gasteiger partial charge in [-0.05, 0) is 44.1 Å². The van der Waals surface area contributed by atoms with Gasteiger partial charge >= 0.3 is 0 Å². The van der Waals surface area contributed by atoms with E-state index < -0.39 is 10.0 Å². The molecule has 33 heavy (non-hydrogen) atoms. The lowest BCUT2D eigenvalue weighted by Gasteiger charge is -2.32. The van der Waals surface area contributed by atoms with Crippen molar-refractivity contribution in [2.75, 3.05) is 51.1 Å². The molecule has 1 N–H and O–H groups in total. The molecule has 1 saturated carbocycles. The van der Waals surface area contributed by atoms with Crippen LogP contribution in [0.15, 0.2) is 18.5 Å². The third-order valence-electron chi connectivity index (χ3n) is 6.91. The van der Waals surface area contributed by atoms with Gasteiger partial charge < -0.3 is 19.4 Å². The van der Waals surface area contributed by atoms with Crippen LogP contribution in [0.5, 0.6) is 0 Å². The molecular weight excluding hydrogens is 442 g/mol. The molecule has 9 nitrogen and oxygen atoms in total. The summed E-state index contributed by atoms with van der Waals surface area (Å²) < 4.78 is 38.8. The smallest absolute Gasteiger partial charge is 0.214 e. The van der Waals surface area contributed by atoms with Gasteiger partial charge in [0, 0.05) is 51.1 Å². The van der Waals surface area contributed by atoms with Crippen LogP contribution in [0, 0.1) is 17.2 Å². The molecule has 2 aromatic heterocycles. The van der Waals surface area contributed by atoms with E-state index in [1.165, 1.54) is 0 Å². The highest BCUT2D eigenvalue weighted by molar-refractivity contribution is 7.89. The topological polar surface area (TPSA) is 112 Å². The van der Waals surface area contributed by atoms with Crippen LogP contribution >= 0.6 is 0 Å². The maximum Gasteiger partial charge on any atom is 0.214 e. The Balaban J connectivity index is 1.39. The highest BCUT2D eigenvalue weighted by atomic mass is 32.2. The second kappa shape index (κ2) is 10.4. The monoisotopic (exact) mass is 475 g/mol. The average Bonchev–Trinajstić information content (AvgIpc) is 3.47. The van der Waals surface area contributed by atoms with Crippen molar-refractivity contribution in [1.82, 2.24) is 14.3 Å². The molecule has 180 valence electrons. The summed E-state index contributed by atoms with van der Waals surface area (Å²) in [5, 5.41) is 10.5. The predicted octanol–water partition coefficient (Wildman–Crippen LogP) is 2.50. The van der Waals surface area contributed by atoms with E-state index in [1.807, 2.05) is 19.3 Å². The van der Waals surface area contributed by atoms with Gasteiger partial charge in [-0.3, -0.25) is 0 Å². The zero-order valence-electron chi connectivity index (χ0n) is 19.4. The van der Waals surface area contributed by atoms with E-state index >= 15 is 0 Å². The van der Waals surface area contributed by atoms with E-state index in [0.29, 0.717) is 31.9 Å². The predicted molar refractivity (Wildman–Crippen MR) is 127 cm³/mol. The molecule has 1 aliphatic carbocycles. The Hall–Kier alpha value is -2.19. The number of nitrogens with one attached hydrogen (secondary N) is 1. The molecule has 0 radical (unpaired) electrons. The van der Waals surface area contributed by atoms with E-state index in [0.717, 1.165) is 48.8 Å². The van der Waals surface area contributed by atoms with E-state index in [2.05, 4.69) is 20.9 Å². The van der Waals surface area contributed by atoms with E-state index in [9.17, 15) is 13.7 Å². The SMILES string of the molecule is COCCOC1CCCN(S(=O)(=O)C[C@@H]2CC[C@@H](N(C)c3c(C#N)cnc4[nH]ccc34)C2)C1. The highest BCUT2D eigenvalue weighted by Gasteiger charge is 2.36. The Bertz CT molecular complexity index is 1100. The molecule has 1 unspecified atom stereocenters. The summed E-state index contributed by atoms with van der Waals surface area (Å²) in [6, 6.07) is 4.38. The maximum atomic E-state index is 13.2. The summed E-state index contributed by atoms with van der Waals surface area (Å²) in [6.45, 7) is 1.99. The molecule has 3 atom stereocenters. The van der Waals surface area contributed by atoms with Crippen molar-refractivity contribution in [1.29, 1.82) is 5.26 Å². The van der Waals surface area contributed by atoms with Gasteiger partial charge in [0.15, 0.2) is 0 Å². The number of aromatic nitrogens is 2. The number of ether oxygens (including phenoxy) is 2. The van der Waals surface area contributed by atoms with E-state index in [1.54, 1.807) is 17.6 Å². The molecule has 0 bridgehead atoms. The molecule has 4 rings (SSSR count). The van der Waals surface area contributed by atoms with Gasteiger partial charge in [0.1, 0.15) is 11.7 Å². The lowest BCUT2D eigenvalue weighted by atomic mass is 10.1. The largest absolute Gasteiger partial charge is 0.382 e. The number of rotatable bonds is 9. The van der Waals surface area contributed by atoms with Crippen molar-refractivity contribution < 1.29 is 17.9 Å². The average molecular weight is 476 g/mol. The zero-order chi connectivity index (χ0) is 23.4. The van der Waals surface area contributed by atoms with Crippen molar-refractivity contribution in [3.63, 3.8) is 0 Å². The number of methoxy groups -OCH3 is 1. The highest BCUT2D eigenvalue weighted by Crippen LogP contribution is 2.36. The van der Waals surface area contributed by atoms with Gasteiger partial charge in [-0.1, -0.05) is 0 Å². The van der Waals surface area contributed by atoms with Gasteiger partial charge in [-0.25, -0.2) is 13.4 Å². The third-order valence-corrected chi connectivity index (χ3v) is 8.93. The second-order valence-electron chi connectivity index (χ2n) is 9.08. The number of H-pyrrole nitrogens is 1. The number of anilines is 1. The van der Waals surface area contributed by atoms with Gasteiger partial charge in [-0.2, -0.15) is 9.57 Å². The van der Waals surface area contributed by atoms with E-state index in [-0.39, 0.29) is 23.8 Å². The van der Waals surface area contributed by atoms with Crippen molar-refractivity contribution >= 4 is 26.7 Å². The number of sulfonamides is 1. The quantitative estimate of drug-likeness (QED) is 0.555. The minimum absolute atomic E-state index is 0.0639. The maximum absolute atomic E-state index is 13.2. The second-order valence-corrected chi connectivity index (χ2v) is 11.1. The Labute approximate surface area is 195 Å². The first-order valence-electron chi connectivity index (χ1n) is 11.6. The van der Waals surface area contributed by atoms with Crippen LogP contribution in [0.2, 0.25) is 0 Å². The summed E-state index contributed by atoms with van der Waals surface area (Å²) in [6.07, 6.45) is 7.61. The molecule has 2 fully saturated rings. The molecule has 1 saturated heterocycles. The molecule has 0 amide bonds. The number of nitrogens with zero attached hydrogens (tertiary/aromatic N) is 4. The fraction of sp³-hybridized carbons (Fsp3) is 0.652. The molecule has 10 heteroatoms. The normalized spacial score (nSPS) is 24.2.